The van der Waals surface area contributed by atoms with Gasteiger partial charge >= 0.3 is 5.97 Å². The van der Waals surface area contributed by atoms with Crippen molar-refractivity contribution in [1.82, 2.24) is 5.01 Å². The molecule has 7 heteroatoms. The van der Waals surface area contributed by atoms with Crippen molar-refractivity contribution in [3.63, 3.8) is 0 Å². The van der Waals surface area contributed by atoms with Crippen LogP contribution in [-0.4, -0.2) is 33.8 Å². The summed E-state index contributed by atoms with van der Waals surface area (Å²) in [5.74, 6) is -3.21. The fourth-order valence-corrected chi connectivity index (χ4v) is 2.29. The van der Waals surface area contributed by atoms with E-state index in [-0.39, 0.29) is 11.1 Å². The number of rotatable bonds is 3. The summed E-state index contributed by atoms with van der Waals surface area (Å²) in [4.78, 5) is 48.1. The number of aromatic carboxylic acids is 1. The smallest absolute Gasteiger partial charge is 0.335 e. The summed E-state index contributed by atoms with van der Waals surface area (Å²) in [7, 11) is 0. The van der Waals surface area contributed by atoms with Crippen LogP contribution in [0.3, 0.4) is 0 Å². The molecule has 0 unspecified atom stereocenters. The third-order valence-corrected chi connectivity index (χ3v) is 3.35. The van der Waals surface area contributed by atoms with Crippen LogP contribution in [0.1, 0.15) is 34.6 Å². The highest BCUT2D eigenvalue weighted by Gasteiger charge is 2.30. The number of benzene rings is 2. The van der Waals surface area contributed by atoms with Crippen LogP contribution < -0.4 is 5.01 Å². The molecule has 0 heterocycles. The average molecular weight is 340 g/mol. The van der Waals surface area contributed by atoms with Gasteiger partial charge in [0.05, 0.1) is 11.3 Å². The minimum Gasteiger partial charge on any atom is -0.478 e. The molecule has 128 valence electrons. The predicted molar refractivity (Wildman–Crippen MR) is 89.9 cm³/mol. The first kappa shape index (κ1) is 17.9. The number of amides is 3. The van der Waals surface area contributed by atoms with Gasteiger partial charge in [0.25, 0.3) is 5.91 Å². The largest absolute Gasteiger partial charge is 0.478 e. The van der Waals surface area contributed by atoms with Crippen molar-refractivity contribution in [2.75, 3.05) is 5.01 Å². The monoisotopic (exact) mass is 340 g/mol. The molecule has 25 heavy (non-hydrogen) atoms. The summed E-state index contributed by atoms with van der Waals surface area (Å²) in [6.07, 6.45) is 0. The lowest BCUT2D eigenvalue weighted by Crippen LogP contribution is -2.51. The Balaban J connectivity index is 2.51. The van der Waals surface area contributed by atoms with Crippen molar-refractivity contribution in [3.8, 4) is 0 Å². The van der Waals surface area contributed by atoms with Gasteiger partial charge in [0.15, 0.2) is 0 Å². The van der Waals surface area contributed by atoms with Crippen LogP contribution >= 0.6 is 0 Å². The van der Waals surface area contributed by atoms with E-state index >= 15 is 0 Å². The fraction of sp³-hybridized carbons (Fsp3) is 0.111. The Morgan fingerprint density at radius 2 is 1.40 bits per heavy atom. The molecule has 2 aromatic carbocycles. The molecule has 0 fully saturated rings. The molecular formula is C18H16N2O5. The number of nitrogens with zero attached hydrogens (tertiary/aromatic N) is 2. The van der Waals surface area contributed by atoms with Crippen LogP contribution in [0.2, 0.25) is 0 Å². The van der Waals surface area contributed by atoms with Gasteiger partial charge in [-0.1, -0.05) is 24.3 Å². The summed E-state index contributed by atoms with van der Waals surface area (Å²) >= 11 is 0. The molecule has 0 aliphatic carbocycles. The standard InChI is InChI=1S/C18H16N2O5/c1-12(21)19(16-9-4-3-5-10-16)20(13(2)22)17(23)14-7-6-8-15(11-14)18(24)25/h3-11H,1-2H3,(H,24,25). The maximum absolute atomic E-state index is 12.8. The summed E-state index contributed by atoms with van der Waals surface area (Å²) in [6, 6.07) is 13.5. The van der Waals surface area contributed by atoms with Crippen LogP contribution in [0.15, 0.2) is 54.6 Å². The molecule has 0 aliphatic heterocycles. The highest BCUT2D eigenvalue weighted by atomic mass is 16.4. The zero-order valence-corrected chi connectivity index (χ0v) is 13.7. The second-order valence-electron chi connectivity index (χ2n) is 5.19. The SMILES string of the molecule is CC(=O)N(C(=O)c1cccc(C(=O)O)c1)N(C(C)=O)c1ccccc1. The number of carbonyl (C=O) groups is 4. The molecule has 0 bridgehead atoms. The molecule has 0 saturated carbocycles. The number of hydrogen-bond acceptors (Lipinski definition) is 4. The van der Waals surface area contributed by atoms with E-state index in [1.807, 2.05) is 0 Å². The van der Waals surface area contributed by atoms with Crippen LogP contribution in [0.4, 0.5) is 5.69 Å². The van der Waals surface area contributed by atoms with Crippen molar-refractivity contribution in [2.24, 2.45) is 0 Å². The van der Waals surface area contributed by atoms with E-state index in [0.29, 0.717) is 10.7 Å². The Morgan fingerprint density at radius 1 is 0.800 bits per heavy atom. The Morgan fingerprint density at radius 3 is 1.92 bits per heavy atom. The van der Waals surface area contributed by atoms with Crippen molar-refractivity contribution in [2.45, 2.75) is 13.8 Å². The van der Waals surface area contributed by atoms with Gasteiger partial charge in [-0.15, -0.1) is 0 Å². The number of carbonyl (C=O) groups excluding carboxylic acids is 3. The maximum atomic E-state index is 12.8. The van der Waals surface area contributed by atoms with Crippen LogP contribution in [0.25, 0.3) is 0 Å². The van der Waals surface area contributed by atoms with E-state index < -0.39 is 23.7 Å². The summed E-state index contributed by atoms with van der Waals surface area (Å²) in [6.45, 7) is 2.38. The Kier molecular flexibility index (Phi) is 5.28. The molecule has 0 spiro atoms. The number of hydrazine groups is 1. The van der Waals surface area contributed by atoms with E-state index in [9.17, 15) is 19.2 Å². The number of anilines is 1. The van der Waals surface area contributed by atoms with E-state index in [1.54, 1.807) is 30.3 Å². The van der Waals surface area contributed by atoms with Gasteiger partial charge in [0, 0.05) is 19.4 Å². The first-order valence-corrected chi connectivity index (χ1v) is 7.37. The molecule has 2 aromatic rings. The van der Waals surface area contributed by atoms with Crippen LogP contribution in [0.5, 0.6) is 0 Å². The molecule has 0 radical (unpaired) electrons. The van der Waals surface area contributed by atoms with Gasteiger partial charge in [-0.05, 0) is 30.3 Å². The minimum atomic E-state index is -1.20. The lowest BCUT2D eigenvalue weighted by molar-refractivity contribution is -0.131. The first-order valence-electron chi connectivity index (χ1n) is 7.37. The highest BCUT2D eigenvalue weighted by molar-refractivity contribution is 6.10. The summed E-state index contributed by atoms with van der Waals surface area (Å²) in [5.41, 5.74) is 0.230. The van der Waals surface area contributed by atoms with Crippen LogP contribution in [-0.2, 0) is 9.59 Å². The summed E-state index contributed by atoms with van der Waals surface area (Å²) in [5, 5.41) is 10.7. The molecule has 3 amide bonds. The topological polar surface area (TPSA) is 95.0 Å². The maximum Gasteiger partial charge on any atom is 0.335 e. The third-order valence-electron chi connectivity index (χ3n) is 3.35. The zero-order valence-electron chi connectivity index (χ0n) is 13.7. The Bertz CT molecular complexity index is 832. The molecule has 0 aromatic heterocycles. The third kappa shape index (κ3) is 3.89. The van der Waals surface area contributed by atoms with Crippen molar-refractivity contribution in [1.29, 1.82) is 0 Å². The number of imide groups is 1. The van der Waals surface area contributed by atoms with Crippen molar-refractivity contribution in [3.05, 3.63) is 65.7 Å². The van der Waals surface area contributed by atoms with Crippen molar-refractivity contribution >= 4 is 29.4 Å². The molecule has 0 atom stereocenters. The average Bonchev–Trinajstić information content (AvgIpc) is 2.59. The molecular weight excluding hydrogens is 324 g/mol. The fourth-order valence-electron chi connectivity index (χ4n) is 2.29. The van der Waals surface area contributed by atoms with Gasteiger partial charge in [0.2, 0.25) is 11.8 Å². The van der Waals surface area contributed by atoms with Gasteiger partial charge < -0.3 is 5.11 Å². The Labute approximate surface area is 144 Å². The molecule has 1 N–H and O–H groups in total. The summed E-state index contributed by atoms with van der Waals surface area (Å²) < 4.78 is 0. The van der Waals surface area contributed by atoms with E-state index in [1.165, 1.54) is 25.1 Å². The zero-order chi connectivity index (χ0) is 18.6. The number of para-hydroxylation sites is 1. The molecule has 2 rings (SSSR count). The Hall–Kier alpha value is -3.48. The van der Waals surface area contributed by atoms with Gasteiger partial charge in [-0.25, -0.2) is 9.80 Å². The second-order valence-corrected chi connectivity index (χ2v) is 5.19. The normalized spacial score (nSPS) is 10.0. The van der Waals surface area contributed by atoms with E-state index in [2.05, 4.69) is 0 Å². The molecule has 0 saturated heterocycles. The molecule has 0 aliphatic rings. The number of carboxylic acids is 1. The van der Waals surface area contributed by atoms with Gasteiger partial charge in [-0.2, -0.15) is 5.01 Å². The number of carboxylic acid groups (broad SMARTS) is 1. The van der Waals surface area contributed by atoms with Crippen molar-refractivity contribution < 1.29 is 24.3 Å². The minimum absolute atomic E-state index is 0.0164. The lowest BCUT2D eigenvalue weighted by atomic mass is 10.1. The number of hydrogen-bond donors (Lipinski definition) is 1. The van der Waals surface area contributed by atoms with E-state index in [0.717, 1.165) is 18.0 Å². The first-order chi connectivity index (χ1) is 11.8. The second kappa shape index (κ2) is 7.39. The highest BCUT2D eigenvalue weighted by Crippen LogP contribution is 2.19. The van der Waals surface area contributed by atoms with Crippen LogP contribution in [0, 0.1) is 0 Å². The molecule has 7 nitrogen and oxygen atoms in total. The van der Waals surface area contributed by atoms with Gasteiger partial charge in [0.1, 0.15) is 0 Å². The van der Waals surface area contributed by atoms with Gasteiger partial charge in [-0.3, -0.25) is 14.4 Å². The lowest BCUT2D eigenvalue weighted by Gasteiger charge is -2.31. The predicted octanol–water partition coefficient (Wildman–Crippen LogP) is 2.34. The van der Waals surface area contributed by atoms with E-state index in [4.69, 9.17) is 5.11 Å². The quantitative estimate of drug-likeness (QED) is 0.865.